The van der Waals surface area contributed by atoms with E-state index in [9.17, 15) is 4.79 Å². The minimum Gasteiger partial charge on any atom is -0.351 e. The van der Waals surface area contributed by atoms with Crippen molar-refractivity contribution in [1.29, 1.82) is 0 Å². The van der Waals surface area contributed by atoms with E-state index < -0.39 is 0 Å². The fourth-order valence-corrected chi connectivity index (χ4v) is 2.95. The summed E-state index contributed by atoms with van der Waals surface area (Å²) in [5, 5.41) is 4.79. The fourth-order valence-electron chi connectivity index (χ4n) is 2.07. The van der Waals surface area contributed by atoms with Crippen molar-refractivity contribution in [1.82, 2.24) is 15.0 Å². The average molecular weight is 286 g/mol. The van der Waals surface area contributed by atoms with Crippen LogP contribution >= 0.6 is 11.3 Å². The summed E-state index contributed by atoms with van der Waals surface area (Å²) in [6.45, 7) is 4.58. The quantitative estimate of drug-likeness (QED) is 0.776. The van der Waals surface area contributed by atoms with Crippen LogP contribution in [0.5, 0.6) is 0 Å². The molecular formula is C14H14N4OS. The highest BCUT2D eigenvalue weighted by molar-refractivity contribution is 7.11. The lowest BCUT2D eigenvalue weighted by atomic mass is 10.2. The molecule has 0 saturated carbocycles. The number of benzene rings is 1. The number of para-hydroxylation sites is 1. The van der Waals surface area contributed by atoms with E-state index in [1.807, 2.05) is 32.0 Å². The molecule has 0 atom stereocenters. The highest BCUT2D eigenvalue weighted by Gasteiger charge is 2.06. The maximum absolute atomic E-state index is 11.9. The van der Waals surface area contributed by atoms with Crippen LogP contribution in [0.3, 0.4) is 0 Å². The molecule has 0 radical (unpaired) electrons. The molecule has 3 aromatic rings. The number of aryl methyl sites for hydroxylation is 2. The Morgan fingerprint density at radius 3 is 2.80 bits per heavy atom. The number of aromatic nitrogens is 3. The van der Waals surface area contributed by atoms with Gasteiger partial charge in [0.15, 0.2) is 0 Å². The highest BCUT2D eigenvalue weighted by atomic mass is 32.1. The first-order valence-corrected chi connectivity index (χ1v) is 7.11. The summed E-state index contributed by atoms with van der Waals surface area (Å²) in [5.41, 5.74) is 1.58. The lowest BCUT2D eigenvalue weighted by molar-refractivity contribution is 1.05. The third-order valence-electron chi connectivity index (χ3n) is 3.03. The molecule has 1 aromatic carbocycles. The number of nitrogens with zero attached hydrogens (tertiary/aromatic N) is 2. The molecule has 0 aliphatic heterocycles. The molecule has 0 unspecified atom stereocenters. The Balaban J connectivity index is 1.88. The van der Waals surface area contributed by atoms with Crippen LogP contribution in [0.25, 0.3) is 10.9 Å². The molecule has 5 nitrogen and oxygen atoms in total. The van der Waals surface area contributed by atoms with E-state index in [0.29, 0.717) is 23.4 Å². The predicted molar refractivity (Wildman–Crippen MR) is 81.3 cm³/mol. The van der Waals surface area contributed by atoms with Crippen molar-refractivity contribution >= 4 is 28.2 Å². The number of fused-ring (bicyclic) bond motifs is 1. The van der Waals surface area contributed by atoms with E-state index in [2.05, 4.69) is 20.3 Å². The molecule has 2 N–H and O–H groups in total. The van der Waals surface area contributed by atoms with Crippen LogP contribution in [-0.4, -0.2) is 15.0 Å². The Morgan fingerprint density at radius 2 is 2.05 bits per heavy atom. The van der Waals surface area contributed by atoms with Gasteiger partial charge in [-0.15, -0.1) is 11.3 Å². The van der Waals surface area contributed by atoms with Crippen LogP contribution in [0.15, 0.2) is 29.1 Å². The molecule has 0 amide bonds. The largest absolute Gasteiger partial charge is 0.351 e. The van der Waals surface area contributed by atoms with Gasteiger partial charge in [0.05, 0.1) is 28.1 Å². The zero-order chi connectivity index (χ0) is 14.1. The number of anilines is 1. The van der Waals surface area contributed by atoms with Crippen molar-refractivity contribution in [2.75, 3.05) is 5.32 Å². The molecule has 102 valence electrons. The number of rotatable bonds is 3. The minimum atomic E-state index is -0.129. The van der Waals surface area contributed by atoms with E-state index in [-0.39, 0.29) is 5.56 Å². The van der Waals surface area contributed by atoms with Gasteiger partial charge in [-0.25, -0.2) is 9.97 Å². The Kier molecular flexibility index (Phi) is 3.23. The van der Waals surface area contributed by atoms with E-state index in [4.69, 9.17) is 0 Å². The summed E-state index contributed by atoms with van der Waals surface area (Å²) in [6, 6.07) is 7.30. The van der Waals surface area contributed by atoms with E-state index >= 15 is 0 Å². The Bertz CT molecular complexity index is 821. The van der Waals surface area contributed by atoms with Crippen LogP contribution in [0.1, 0.15) is 15.6 Å². The van der Waals surface area contributed by atoms with Crippen LogP contribution in [0.2, 0.25) is 0 Å². The molecular weight excluding hydrogens is 272 g/mol. The molecule has 0 aliphatic rings. The summed E-state index contributed by atoms with van der Waals surface area (Å²) in [7, 11) is 0. The van der Waals surface area contributed by atoms with Crippen LogP contribution in [0.4, 0.5) is 5.95 Å². The van der Waals surface area contributed by atoms with Gasteiger partial charge in [0.25, 0.3) is 5.56 Å². The van der Waals surface area contributed by atoms with Crippen LogP contribution in [0, 0.1) is 13.8 Å². The number of H-pyrrole nitrogens is 1. The van der Waals surface area contributed by atoms with Gasteiger partial charge in [0.1, 0.15) is 0 Å². The predicted octanol–water partition coefficient (Wildman–Crippen LogP) is 2.61. The molecule has 0 aliphatic carbocycles. The summed E-state index contributed by atoms with van der Waals surface area (Å²) >= 11 is 1.65. The number of hydrogen-bond acceptors (Lipinski definition) is 5. The van der Waals surface area contributed by atoms with E-state index in [1.165, 1.54) is 0 Å². The second kappa shape index (κ2) is 5.05. The molecule has 20 heavy (non-hydrogen) atoms. The maximum Gasteiger partial charge on any atom is 0.260 e. The second-order valence-corrected chi connectivity index (χ2v) is 5.81. The third kappa shape index (κ3) is 2.42. The number of hydrogen-bond donors (Lipinski definition) is 2. The lowest BCUT2D eigenvalue weighted by Gasteiger charge is -2.05. The minimum absolute atomic E-state index is 0.129. The van der Waals surface area contributed by atoms with E-state index in [0.717, 1.165) is 15.6 Å². The number of aromatic amines is 1. The van der Waals surface area contributed by atoms with E-state index in [1.54, 1.807) is 17.4 Å². The fraction of sp³-hybridized carbons (Fsp3) is 0.214. The van der Waals surface area contributed by atoms with Crippen LogP contribution < -0.4 is 10.9 Å². The Morgan fingerprint density at radius 1 is 1.25 bits per heavy atom. The Labute approximate surface area is 119 Å². The average Bonchev–Trinajstić information content (AvgIpc) is 2.75. The van der Waals surface area contributed by atoms with Crippen molar-refractivity contribution in [2.45, 2.75) is 20.4 Å². The van der Waals surface area contributed by atoms with Crippen molar-refractivity contribution in [3.05, 3.63) is 50.2 Å². The second-order valence-electron chi connectivity index (χ2n) is 4.53. The van der Waals surface area contributed by atoms with Gasteiger partial charge in [0.2, 0.25) is 5.95 Å². The summed E-state index contributed by atoms with van der Waals surface area (Å²) < 4.78 is 0. The number of thiazole rings is 1. The molecule has 3 rings (SSSR count). The van der Waals surface area contributed by atoms with Gasteiger partial charge >= 0.3 is 0 Å². The van der Waals surface area contributed by atoms with Crippen molar-refractivity contribution < 1.29 is 0 Å². The van der Waals surface area contributed by atoms with Gasteiger partial charge in [-0.3, -0.25) is 9.78 Å². The molecule has 2 heterocycles. The van der Waals surface area contributed by atoms with Crippen LogP contribution in [-0.2, 0) is 6.54 Å². The summed E-state index contributed by atoms with van der Waals surface area (Å²) in [4.78, 5) is 24.6. The van der Waals surface area contributed by atoms with Gasteiger partial charge in [-0.05, 0) is 26.0 Å². The van der Waals surface area contributed by atoms with Crippen molar-refractivity contribution in [3.63, 3.8) is 0 Å². The standard InChI is InChI=1S/C14H14N4OS/c1-8-12(20-9(2)16-8)7-15-14-17-11-6-4-3-5-10(11)13(19)18-14/h3-6H,7H2,1-2H3,(H2,15,17,18,19). The molecule has 0 fully saturated rings. The highest BCUT2D eigenvalue weighted by Crippen LogP contribution is 2.18. The first kappa shape index (κ1) is 12.8. The first-order chi connectivity index (χ1) is 9.63. The zero-order valence-electron chi connectivity index (χ0n) is 11.2. The summed E-state index contributed by atoms with van der Waals surface area (Å²) in [6.07, 6.45) is 0. The first-order valence-electron chi connectivity index (χ1n) is 6.29. The topological polar surface area (TPSA) is 70.7 Å². The van der Waals surface area contributed by atoms with Gasteiger partial charge in [-0.2, -0.15) is 0 Å². The third-order valence-corrected chi connectivity index (χ3v) is 4.10. The van der Waals surface area contributed by atoms with Crippen molar-refractivity contribution in [2.24, 2.45) is 0 Å². The molecule has 6 heteroatoms. The number of nitrogens with one attached hydrogen (secondary N) is 2. The molecule has 0 bridgehead atoms. The van der Waals surface area contributed by atoms with Gasteiger partial charge in [-0.1, -0.05) is 12.1 Å². The smallest absolute Gasteiger partial charge is 0.260 e. The molecule has 0 saturated heterocycles. The summed E-state index contributed by atoms with van der Waals surface area (Å²) in [5.74, 6) is 0.485. The zero-order valence-corrected chi connectivity index (χ0v) is 12.0. The Hall–Kier alpha value is -2.21. The maximum atomic E-state index is 11.9. The lowest BCUT2D eigenvalue weighted by Crippen LogP contribution is -2.13. The van der Waals surface area contributed by atoms with Gasteiger partial charge < -0.3 is 5.32 Å². The SMILES string of the molecule is Cc1nc(C)c(CNc2nc3ccccc3c(=O)[nH]2)s1. The van der Waals surface area contributed by atoms with Crippen molar-refractivity contribution in [3.8, 4) is 0 Å². The normalized spacial score (nSPS) is 10.9. The monoisotopic (exact) mass is 286 g/mol. The molecule has 2 aromatic heterocycles. The van der Waals surface area contributed by atoms with Gasteiger partial charge in [0, 0.05) is 4.88 Å². The molecule has 0 spiro atoms.